The van der Waals surface area contributed by atoms with Crippen molar-refractivity contribution in [2.75, 3.05) is 18.0 Å². The summed E-state index contributed by atoms with van der Waals surface area (Å²) in [5.74, 6) is 0.759. The van der Waals surface area contributed by atoms with Crippen molar-refractivity contribution in [2.24, 2.45) is 0 Å². The second-order valence-electron chi connectivity index (χ2n) is 6.58. The van der Waals surface area contributed by atoms with E-state index in [1.54, 1.807) is 12.3 Å². The van der Waals surface area contributed by atoms with Gasteiger partial charge in [0.05, 0.1) is 11.9 Å². The lowest BCUT2D eigenvalue weighted by atomic mass is 10.2. The summed E-state index contributed by atoms with van der Waals surface area (Å²) >= 11 is 3.41. The zero-order valence-corrected chi connectivity index (χ0v) is 16.2. The second-order valence-corrected chi connectivity index (χ2v) is 7.44. The Balaban J connectivity index is 1.45. The maximum absolute atomic E-state index is 12.5. The molecule has 0 saturated carbocycles. The summed E-state index contributed by atoms with van der Waals surface area (Å²) in [7, 11) is 0. The lowest BCUT2D eigenvalue weighted by Gasteiger charge is -2.18. The molecule has 7 nitrogen and oxygen atoms in total. The maximum atomic E-state index is 12.5. The van der Waals surface area contributed by atoms with Crippen molar-refractivity contribution in [1.29, 1.82) is 0 Å². The van der Waals surface area contributed by atoms with Gasteiger partial charge in [0.25, 0.3) is 5.91 Å². The first kappa shape index (κ1) is 17.0. The number of pyridine rings is 1. The highest BCUT2D eigenvalue weighted by atomic mass is 79.9. The molecule has 0 bridgehead atoms. The molecule has 0 radical (unpaired) electrons. The first-order valence-electron chi connectivity index (χ1n) is 8.50. The standard InChI is InChI=1S/C18H19BrN6O/c1-11-7-15(20-9-14(11)19)18(26)22-13-5-6-24(10-13)17-4-3-16-21-8-12(2)25(16)23-17/h3-4,7-9,13H,5-6,10H2,1-2H3,(H,22,26)/t13-/m0/s1. The van der Waals surface area contributed by atoms with Crippen LogP contribution in [-0.2, 0) is 0 Å². The number of amides is 1. The summed E-state index contributed by atoms with van der Waals surface area (Å²) in [6, 6.07) is 5.82. The molecule has 0 aliphatic carbocycles. The normalized spacial score (nSPS) is 17.0. The molecule has 0 spiro atoms. The van der Waals surface area contributed by atoms with Crippen LogP contribution in [0, 0.1) is 13.8 Å². The van der Waals surface area contributed by atoms with Gasteiger partial charge in [0, 0.05) is 29.8 Å². The average Bonchev–Trinajstić information content (AvgIpc) is 3.24. The van der Waals surface area contributed by atoms with Crippen molar-refractivity contribution < 1.29 is 4.79 Å². The highest BCUT2D eigenvalue weighted by molar-refractivity contribution is 9.10. The molecule has 3 aromatic rings. The summed E-state index contributed by atoms with van der Waals surface area (Å²) in [6.45, 7) is 5.51. The van der Waals surface area contributed by atoms with Crippen LogP contribution in [0.3, 0.4) is 0 Å². The number of fused-ring (bicyclic) bond motifs is 1. The van der Waals surface area contributed by atoms with Gasteiger partial charge in [0.15, 0.2) is 5.65 Å². The van der Waals surface area contributed by atoms with Crippen LogP contribution >= 0.6 is 15.9 Å². The van der Waals surface area contributed by atoms with E-state index in [0.717, 1.165) is 46.7 Å². The molecule has 4 rings (SSSR count). The van der Waals surface area contributed by atoms with Gasteiger partial charge in [-0.2, -0.15) is 0 Å². The highest BCUT2D eigenvalue weighted by Crippen LogP contribution is 2.20. The zero-order valence-electron chi connectivity index (χ0n) is 14.6. The van der Waals surface area contributed by atoms with E-state index in [1.807, 2.05) is 36.7 Å². The SMILES string of the molecule is Cc1cc(C(=O)N[C@H]2CCN(c3ccc4ncc(C)n4n3)C2)ncc1Br. The van der Waals surface area contributed by atoms with Gasteiger partial charge in [-0.25, -0.2) is 14.5 Å². The minimum Gasteiger partial charge on any atom is -0.353 e. The van der Waals surface area contributed by atoms with Gasteiger partial charge in [0.1, 0.15) is 11.5 Å². The van der Waals surface area contributed by atoms with Crippen LogP contribution in [-0.4, -0.2) is 44.6 Å². The van der Waals surface area contributed by atoms with Gasteiger partial charge in [-0.3, -0.25) is 4.79 Å². The average molecular weight is 415 g/mol. The molecule has 1 amide bonds. The number of hydrogen-bond acceptors (Lipinski definition) is 5. The Morgan fingerprint density at radius 3 is 2.92 bits per heavy atom. The number of anilines is 1. The Kier molecular flexibility index (Phi) is 4.36. The van der Waals surface area contributed by atoms with Crippen LogP contribution in [0.2, 0.25) is 0 Å². The molecule has 26 heavy (non-hydrogen) atoms. The van der Waals surface area contributed by atoms with E-state index in [4.69, 9.17) is 0 Å². The van der Waals surface area contributed by atoms with Crippen molar-refractivity contribution in [3.8, 4) is 0 Å². The Hall–Kier alpha value is -2.48. The minimum atomic E-state index is -0.138. The Morgan fingerprint density at radius 2 is 2.12 bits per heavy atom. The van der Waals surface area contributed by atoms with E-state index in [0.29, 0.717) is 5.69 Å². The molecule has 1 aliphatic rings. The van der Waals surface area contributed by atoms with Crippen LogP contribution < -0.4 is 10.2 Å². The fourth-order valence-corrected chi connectivity index (χ4v) is 3.37. The first-order chi connectivity index (χ1) is 12.5. The molecule has 3 aromatic heterocycles. The Morgan fingerprint density at radius 1 is 1.27 bits per heavy atom. The smallest absolute Gasteiger partial charge is 0.270 e. The van der Waals surface area contributed by atoms with Crippen LogP contribution in [0.25, 0.3) is 5.65 Å². The van der Waals surface area contributed by atoms with E-state index >= 15 is 0 Å². The number of carbonyl (C=O) groups is 1. The van der Waals surface area contributed by atoms with E-state index in [9.17, 15) is 4.79 Å². The summed E-state index contributed by atoms with van der Waals surface area (Å²) in [6.07, 6.45) is 4.36. The molecule has 1 aliphatic heterocycles. The number of imidazole rings is 1. The highest BCUT2D eigenvalue weighted by Gasteiger charge is 2.26. The van der Waals surface area contributed by atoms with Gasteiger partial charge >= 0.3 is 0 Å². The number of rotatable bonds is 3. The Labute approximate surface area is 159 Å². The molecule has 0 unspecified atom stereocenters. The Bertz CT molecular complexity index is 985. The first-order valence-corrected chi connectivity index (χ1v) is 9.30. The summed E-state index contributed by atoms with van der Waals surface area (Å²) in [5.41, 5.74) is 3.28. The summed E-state index contributed by atoms with van der Waals surface area (Å²) < 4.78 is 2.74. The van der Waals surface area contributed by atoms with Crippen molar-refractivity contribution in [2.45, 2.75) is 26.3 Å². The molecule has 1 atom stereocenters. The molecule has 1 N–H and O–H groups in total. The van der Waals surface area contributed by atoms with E-state index in [-0.39, 0.29) is 11.9 Å². The number of aryl methyl sites for hydroxylation is 2. The fraction of sp³-hybridized carbons (Fsp3) is 0.333. The lowest BCUT2D eigenvalue weighted by Crippen LogP contribution is -2.37. The molecule has 134 valence electrons. The van der Waals surface area contributed by atoms with Crippen LogP contribution in [0.15, 0.2) is 35.1 Å². The van der Waals surface area contributed by atoms with Crippen molar-refractivity contribution >= 4 is 33.3 Å². The molecular formula is C18H19BrN6O. The van der Waals surface area contributed by atoms with E-state index in [2.05, 4.69) is 41.2 Å². The van der Waals surface area contributed by atoms with Gasteiger partial charge < -0.3 is 10.2 Å². The zero-order chi connectivity index (χ0) is 18.3. The minimum absolute atomic E-state index is 0.0784. The topological polar surface area (TPSA) is 75.4 Å². The third-order valence-corrected chi connectivity index (χ3v) is 5.48. The molecule has 1 fully saturated rings. The number of aromatic nitrogens is 4. The fourth-order valence-electron chi connectivity index (χ4n) is 3.16. The van der Waals surface area contributed by atoms with Crippen molar-refractivity contribution in [1.82, 2.24) is 24.9 Å². The second kappa shape index (κ2) is 6.68. The molecular weight excluding hydrogens is 396 g/mol. The summed E-state index contributed by atoms with van der Waals surface area (Å²) in [4.78, 5) is 23.1. The van der Waals surface area contributed by atoms with Crippen LogP contribution in [0.5, 0.6) is 0 Å². The number of nitrogens with one attached hydrogen (secondary N) is 1. The molecule has 1 saturated heterocycles. The van der Waals surface area contributed by atoms with Crippen molar-refractivity contribution in [3.63, 3.8) is 0 Å². The quantitative estimate of drug-likeness (QED) is 0.712. The monoisotopic (exact) mass is 414 g/mol. The summed E-state index contributed by atoms with van der Waals surface area (Å²) in [5, 5.41) is 7.74. The predicted octanol–water partition coefficient (Wildman–Crippen LogP) is 2.51. The van der Waals surface area contributed by atoms with Crippen LogP contribution in [0.4, 0.5) is 5.82 Å². The van der Waals surface area contributed by atoms with Gasteiger partial charge in [-0.05, 0) is 60.0 Å². The van der Waals surface area contributed by atoms with Crippen molar-refractivity contribution in [3.05, 3.63) is 52.0 Å². The third kappa shape index (κ3) is 3.16. The maximum Gasteiger partial charge on any atom is 0.270 e. The van der Waals surface area contributed by atoms with E-state index in [1.165, 1.54) is 0 Å². The molecule has 8 heteroatoms. The van der Waals surface area contributed by atoms with Gasteiger partial charge in [-0.1, -0.05) is 0 Å². The number of hydrogen-bond donors (Lipinski definition) is 1. The van der Waals surface area contributed by atoms with Crippen LogP contribution in [0.1, 0.15) is 28.2 Å². The number of carbonyl (C=O) groups excluding carboxylic acids is 1. The molecule has 4 heterocycles. The number of nitrogens with zero attached hydrogens (tertiary/aromatic N) is 5. The predicted molar refractivity (Wildman–Crippen MR) is 102 cm³/mol. The van der Waals surface area contributed by atoms with E-state index < -0.39 is 0 Å². The van der Waals surface area contributed by atoms with Gasteiger partial charge in [0.2, 0.25) is 0 Å². The largest absolute Gasteiger partial charge is 0.353 e. The third-order valence-electron chi connectivity index (χ3n) is 4.65. The van der Waals surface area contributed by atoms with Gasteiger partial charge in [-0.15, -0.1) is 5.10 Å². The number of halogens is 1. The lowest BCUT2D eigenvalue weighted by molar-refractivity contribution is 0.0935. The molecule has 0 aromatic carbocycles.